The van der Waals surface area contributed by atoms with Crippen LogP contribution in [0, 0.1) is 0 Å². The molecule has 1 unspecified atom stereocenters. The second kappa shape index (κ2) is 10.8. The molecule has 0 aliphatic carbocycles. The van der Waals surface area contributed by atoms with Crippen molar-refractivity contribution in [1.82, 2.24) is 10.6 Å². The molecule has 0 saturated carbocycles. The SMILES string of the molecule is CCOc1cc2c(cc1CNC(=NC)NCc1cc(OC)c(OC)cc1OC)OC(C)C2. The molecule has 32 heavy (non-hydrogen) atoms. The van der Waals surface area contributed by atoms with Crippen LogP contribution >= 0.6 is 0 Å². The van der Waals surface area contributed by atoms with Crippen LogP contribution in [0.5, 0.6) is 28.7 Å². The zero-order valence-corrected chi connectivity index (χ0v) is 19.7. The first kappa shape index (κ1) is 23.4. The molecule has 174 valence electrons. The van der Waals surface area contributed by atoms with Crippen molar-refractivity contribution in [3.8, 4) is 28.7 Å². The number of aliphatic imine (C=N–C) groups is 1. The van der Waals surface area contributed by atoms with E-state index in [9.17, 15) is 0 Å². The number of rotatable bonds is 9. The highest BCUT2D eigenvalue weighted by molar-refractivity contribution is 5.79. The summed E-state index contributed by atoms with van der Waals surface area (Å²) in [6.07, 6.45) is 1.09. The number of nitrogens with one attached hydrogen (secondary N) is 2. The average molecular weight is 444 g/mol. The Hall–Kier alpha value is -3.29. The Morgan fingerprint density at radius 2 is 1.56 bits per heavy atom. The van der Waals surface area contributed by atoms with E-state index in [4.69, 9.17) is 23.7 Å². The maximum Gasteiger partial charge on any atom is 0.191 e. The highest BCUT2D eigenvalue weighted by Crippen LogP contribution is 2.36. The summed E-state index contributed by atoms with van der Waals surface area (Å²) >= 11 is 0. The van der Waals surface area contributed by atoms with Crippen LogP contribution in [0.25, 0.3) is 0 Å². The van der Waals surface area contributed by atoms with Gasteiger partial charge in [0.2, 0.25) is 0 Å². The van der Waals surface area contributed by atoms with E-state index in [0.29, 0.717) is 42.9 Å². The standard InChI is InChI=1S/C24H33N3O5/c1-7-31-20-9-16-8-15(2)32-21(16)10-18(20)14-27-24(25-3)26-13-17-11-22(29-5)23(30-6)12-19(17)28-4/h9-12,15H,7-8,13-14H2,1-6H3,(H2,25,26,27). The van der Waals surface area contributed by atoms with Gasteiger partial charge in [-0.2, -0.15) is 0 Å². The molecule has 0 aromatic heterocycles. The maximum atomic E-state index is 5.92. The van der Waals surface area contributed by atoms with Crippen molar-refractivity contribution < 1.29 is 23.7 Å². The molecule has 0 saturated heterocycles. The zero-order valence-electron chi connectivity index (χ0n) is 19.7. The molecule has 2 aromatic carbocycles. The van der Waals surface area contributed by atoms with Crippen LogP contribution in [0.4, 0.5) is 0 Å². The summed E-state index contributed by atoms with van der Waals surface area (Å²) < 4.78 is 28.1. The highest BCUT2D eigenvalue weighted by atomic mass is 16.5. The molecular weight excluding hydrogens is 410 g/mol. The van der Waals surface area contributed by atoms with Gasteiger partial charge < -0.3 is 34.3 Å². The fourth-order valence-electron chi connectivity index (χ4n) is 3.72. The fourth-order valence-corrected chi connectivity index (χ4v) is 3.72. The second-order valence-corrected chi connectivity index (χ2v) is 7.43. The van der Waals surface area contributed by atoms with Gasteiger partial charge in [0.1, 0.15) is 23.4 Å². The van der Waals surface area contributed by atoms with E-state index >= 15 is 0 Å². The molecule has 0 fully saturated rings. The fraction of sp³-hybridized carbons (Fsp3) is 0.458. The van der Waals surface area contributed by atoms with E-state index < -0.39 is 0 Å². The first-order chi connectivity index (χ1) is 15.5. The third kappa shape index (κ3) is 5.30. The lowest BCUT2D eigenvalue weighted by atomic mass is 10.1. The zero-order chi connectivity index (χ0) is 23.1. The van der Waals surface area contributed by atoms with Gasteiger partial charge in [0.05, 0.1) is 27.9 Å². The van der Waals surface area contributed by atoms with Crippen LogP contribution < -0.4 is 34.3 Å². The van der Waals surface area contributed by atoms with Crippen LogP contribution in [0.3, 0.4) is 0 Å². The summed E-state index contributed by atoms with van der Waals surface area (Å²) in [5.41, 5.74) is 3.13. The molecule has 1 aliphatic heterocycles. The number of fused-ring (bicyclic) bond motifs is 1. The second-order valence-electron chi connectivity index (χ2n) is 7.43. The van der Waals surface area contributed by atoms with Crippen LogP contribution in [0.15, 0.2) is 29.3 Å². The molecule has 0 radical (unpaired) electrons. The number of guanidine groups is 1. The Morgan fingerprint density at radius 1 is 0.938 bits per heavy atom. The molecule has 3 rings (SSSR count). The van der Waals surface area contributed by atoms with Crippen LogP contribution in [0.2, 0.25) is 0 Å². The van der Waals surface area contributed by atoms with Crippen molar-refractivity contribution in [3.63, 3.8) is 0 Å². The number of hydrogen-bond donors (Lipinski definition) is 2. The van der Waals surface area contributed by atoms with Gasteiger partial charge in [-0.1, -0.05) is 0 Å². The predicted octanol–water partition coefficient (Wildman–Crippen LogP) is 3.30. The van der Waals surface area contributed by atoms with Gasteiger partial charge in [-0.25, -0.2) is 0 Å². The van der Waals surface area contributed by atoms with Gasteiger partial charge in [-0.15, -0.1) is 0 Å². The van der Waals surface area contributed by atoms with Gasteiger partial charge in [-0.05, 0) is 32.0 Å². The lowest BCUT2D eigenvalue weighted by Gasteiger charge is -2.17. The van der Waals surface area contributed by atoms with Crippen molar-refractivity contribution >= 4 is 5.96 Å². The molecule has 0 amide bonds. The molecule has 8 heteroatoms. The minimum absolute atomic E-state index is 0.189. The summed E-state index contributed by atoms with van der Waals surface area (Å²) in [6, 6.07) is 7.85. The summed E-state index contributed by atoms with van der Waals surface area (Å²) in [4.78, 5) is 4.34. The molecular formula is C24H33N3O5. The number of ether oxygens (including phenoxy) is 5. The maximum absolute atomic E-state index is 5.92. The van der Waals surface area contributed by atoms with E-state index in [1.165, 1.54) is 5.56 Å². The minimum atomic E-state index is 0.189. The van der Waals surface area contributed by atoms with E-state index in [1.807, 2.05) is 19.1 Å². The number of nitrogens with zero attached hydrogens (tertiary/aromatic N) is 1. The van der Waals surface area contributed by atoms with Crippen molar-refractivity contribution in [2.45, 2.75) is 39.5 Å². The molecule has 1 heterocycles. The summed E-state index contributed by atoms with van der Waals surface area (Å²) in [5, 5.41) is 6.67. The summed E-state index contributed by atoms with van der Waals surface area (Å²) in [6.45, 7) is 5.71. The quantitative estimate of drug-likeness (QED) is 0.455. The van der Waals surface area contributed by atoms with Gasteiger partial charge in [0, 0.05) is 49.3 Å². The van der Waals surface area contributed by atoms with E-state index in [-0.39, 0.29) is 6.10 Å². The molecule has 8 nitrogen and oxygen atoms in total. The Balaban J connectivity index is 1.69. The molecule has 2 aromatic rings. The van der Waals surface area contributed by atoms with E-state index in [0.717, 1.165) is 29.0 Å². The monoisotopic (exact) mass is 443 g/mol. The first-order valence-electron chi connectivity index (χ1n) is 10.7. The minimum Gasteiger partial charge on any atom is -0.496 e. The summed E-state index contributed by atoms with van der Waals surface area (Å²) in [5.74, 6) is 4.41. The van der Waals surface area contributed by atoms with Gasteiger partial charge >= 0.3 is 0 Å². The lowest BCUT2D eigenvalue weighted by molar-refractivity contribution is 0.254. The average Bonchev–Trinajstić information content (AvgIpc) is 3.17. The van der Waals surface area contributed by atoms with E-state index in [1.54, 1.807) is 28.4 Å². The Labute approximate surface area is 189 Å². The van der Waals surface area contributed by atoms with Crippen molar-refractivity contribution in [2.75, 3.05) is 35.0 Å². The Kier molecular flexibility index (Phi) is 7.92. The topological polar surface area (TPSA) is 82.6 Å². The largest absolute Gasteiger partial charge is 0.496 e. The van der Waals surface area contributed by atoms with Crippen molar-refractivity contribution in [1.29, 1.82) is 0 Å². The highest BCUT2D eigenvalue weighted by Gasteiger charge is 2.22. The van der Waals surface area contributed by atoms with Gasteiger partial charge in [0.25, 0.3) is 0 Å². The summed E-state index contributed by atoms with van der Waals surface area (Å²) in [7, 11) is 6.57. The first-order valence-corrected chi connectivity index (χ1v) is 10.7. The van der Waals surface area contributed by atoms with Crippen molar-refractivity contribution in [2.24, 2.45) is 4.99 Å². The Bertz CT molecular complexity index is 961. The van der Waals surface area contributed by atoms with Crippen molar-refractivity contribution in [3.05, 3.63) is 41.0 Å². The third-order valence-electron chi connectivity index (χ3n) is 5.28. The Morgan fingerprint density at radius 3 is 2.16 bits per heavy atom. The third-order valence-corrected chi connectivity index (χ3v) is 5.28. The molecule has 0 bridgehead atoms. The lowest BCUT2D eigenvalue weighted by Crippen LogP contribution is -2.36. The van der Waals surface area contributed by atoms with Gasteiger partial charge in [-0.3, -0.25) is 4.99 Å². The molecule has 2 N–H and O–H groups in total. The number of methoxy groups -OCH3 is 3. The molecule has 1 aliphatic rings. The smallest absolute Gasteiger partial charge is 0.191 e. The van der Waals surface area contributed by atoms with Crippen LogP contribution in [0.1, 0.15) is 30.5 Å². The normalized spacial score (nSPS) is 14.9. The van der Waals surface area contributed by atoms with Crippen LogP contribution in [-0.2, 0) is 19.5 Å². The molecule has 1 atom stereocenters. The predicted molar refractivity (Wildman–Crippen MR) is 125 cm³/mol. The number of benzene rings is 2. The van der Waals surface area contributed by atoms with E-state index in [2.05, 4.69) is 34.7 Å². The number of hydrogen-bond acceptors (Lipinski definition) is 6. The molecule has 0 spiro atoms. The van der Waals surface area contributed by atoms with Crippen LogP contribution in [-0.4, -0.2) is 47.0 Å². The van der Waals surface area contributed by atoms with Gasteiger partial charge in [0.15, 0.2) is 17.5 Å².